The van der Waals surface area contributed by atoms with Gasteiger partial charge in [0, 0.05) is 50.6 Å². The molecule has 1 amide bonds. The highest BCUT2D eigenvalue weighted by Crippen LogP contribution is 2.36. The fourth-order valence-corrected chi connectivity index (χ4v) is 5.68. The Morgan fingerprint density at radius 1 is 1.18 bits per heavy atom. The first-order valence-electron chi connectivity index (χ1n) is 12.0. The van der Waals surface area contributed by atoms with E-state index in [1.54, 1.807) is 11.3 Å². The van der Waals surface area contributed by atoms with Gasteiger partial charge in [-0.05, 0) is 31.2 Å². The molecule has 0 radical (unpaired) electrons. The standard InChI is InChI=1S/C25H29N5O3S/c1-16(18-10-24(31)27-11-18)33-23-9-17(8-22-25(23)34-15-28-22)21-3-2-19(12-26-21)29-4-6-30(7-5-29)20-13-32-14-20/h2-3,8-9,12,15-16,18,20H,4-7,10-11,13-14H2,1H3,(H,27,31)/t16-,18-/m0/s1. The number of benzene rings is 1. The van der Waals surface area contributed by atoms with Crippen molar-refractivity contribution in [2.24, 2.45) is 5.92 Å². The number of hydrogen-bond donors (Lipinski definition) is 1. The highest BCUT2D eigenvalue weighted by molar-refractivity contribution is 7.17. The molecule has 0 aliphatic carbocycles. The van der Waals surface area contributed by atoms with E-state index in [4.69, 9.17) is 14.5 Å². The summed E-state index contributed by atoms with van der Waals surface area (Å²) < 4.78 is 12.7. The van der Waals surface area contributed by atoms with E-state index in [2.05, 4.69) is 44.4 Å². The number of anilines is 1. The van der Waals surface area contributed by atoms with E-state index in [1.165, 1.54) is 0 Å². The lowest BCUT2D eigenvalue weighted by Crippen LogP contribution is -2.56. The fourth-order valence-electron chi connectivity index (χ4n) is 4.95. The molecule has 178 valence electrons. The zero-order chi connectivity index (χ0) is 23.1. The molecule has 3 aliphatic rings. The van der Waals surface area contributed by atoms with Gasteiger partial charge >= 0.3 is 0 Å². The minimum absolute atomic E-state index is 0.0694. The van der Waals surface area contributed by atoms with Gasteiger partial charge in [0.15, 0.2) is 0 Å². The highest BCUT2D eigenvalue weighted by atomic mass is 32.1. The van der Waals surface area contributed by atoms with Crippen molar-refractivity contribution in [2.75, 3.05) is 50.8 Å². The molecule has 8 nitrogen and oxygen atoms in total. The normalized spacial score (nSPS) is 22.6. The van der Waals surface area contributed by atoms with Crippen molar-refractivity contribution < 1.29 is 14.3 Å². The zero-order valence-electron chi connectivity index (χ0n) is 19.3. The number of thiazole rings is 1. The molecule has 0 unspecified atom stereocenters. The third-order valence-corrected chi connectivity index (χ3v) is 8.10. The van der Waals surface area contributed by atoms with E-state index >= 15 is 0 Å². The van der Waals surface area contributed by atoms with Crippen LogP contribution < -0.4 is 15.0 Å². The molecule has 34 heavy (non-hydrogen) atoms. The number of nitrogens with one attached hydrogen (secondary N) is 1. The van der Waals surface area contributed by atoms with Gasteiger partial charge in [-0.15, -0.1) is 11.3 Å². The third kappa shape index (κ3) is 4.23. The number of fused-ring (bicyclic) bond motifs is 1. The zero-order valence-corrected chi connectivity index (χ0v) is 20.1. The van der Waals surface area contributed by atoms with Gasteiger partial charge in [0.25, 0.3) is 0 Å². The van der Waals surface area contributed by atoms with E-state index in [0.29, 0.717) is 19.0 Å². The van der Waals surface area contributed by atoms with E-state index in [9.17, 15) is 4.79 Å². The predicted octanol–water partition coefficient (Wildman–Crippen LogP) is 2.78. The number of pyridine rings is 1. The van der Waals surface area contributed by atoms with Gasteiger partial charge in [-0.1, -0.05) is 0 Å². The largest absolute Gasteiger partial charge is 0.489 e. The first-order valence-corrected chi connectivity index (χ1v) is 12.9. The number of ether oxygens (including phenoxy) is 2. The van der Waals surface area contributed by atoms with Crippen LogP contribution in [-0.4, -0.2) is 78.9 Å². The van der Waals surface area contributed by atoms with Crippen molar-refractivity contribution in [3.63, 3.8) is 0 Å². The Morgan fingerprint density at radius 3 is 2.71 bits per heavy atom. The van der Waals surface area contributed by atoms with Crippen molar-refractivity contribution in [1.82, 2.24) is 20.2 Å². The minimum Gasteiger partial charge on any atom is -0.489 e. The Morgan fingerprint density at radius 2 is 2.03 bits per heavy atom. The summed E-state index contributed by atoms with van der Waals surface area (Å²) in [6.45, 7) is 8.61. The molecule has 2 atom stereocenters. The molecule has 2 aromatic heterocycles. The van der Waals surface area contributed by atoms with E-state index in [0.717, 1.165) is 72.3 Å². The number of nitrogens with zero attached hydrogens (tertiary/aromatic N) is 4. The van der Waals surface area contributed by atoms with Crippen LogP contribution in [0.1, 0.15) is 13.3 Å². The van der Waals surface area contributed by atoms with Crippen LogP contribution in [0.4, 0.5) is 5.69 Å². The number of carbonyl (C=O) groups excluding carboxylic acids is 1. The van der Waals surface area contributed by atoms with Crippen molar-refractivity contribution in [1.29, 1.82) is 0 Å². The number of piperazine rings is 1. The lowest BCUT2D eigenvalue weighted by atomic mass is 10.0. The molecule has 9 heteroatoms. The molecule has 3 aromatic rings. The van der Waals surface area contributed by atoms with E-state index in [-0.39, 0.29) is 17.9 Å². The number of carbonyl (C=O) groups is 1. The summed E-state index contributed by atoms with van der Waals surface area (Å²) in [5, 5.41) is 2.90. The van der Waals surface area contributed by atoms with Crippen molar-refractivity contribution >= 4 is 33.1 Å². The summed E-state index contributed by atoms with van der Waals surface area (Å²) in [5.74, 6) is 1.08. The first-order chi connectivity index (χ1) is 16.6. The number of hydrogen-bond acceptors (Lipinski definition) is 8. The lowest BCUT2D eigenvalue weighted by Gasteiger charge is -2.43. The minimum atomic E-state index is -0.0694. The average Bonchev–Trinajstić information content (AvgIpc) is 3.48. The highest BCUT2D eigenvalue weighted by Gasteiger charge is 2.30. The third-order valence-electron chi connectivity index (χ3n) is 7.24. The maximum atomic E-state index is 11.6. The summed E-state index contributed by atoms with van der Waals surface area (Å²) >= 11 is 1.57. The van der Waals surface area contributed by atoms with Crippen LogP contribution in [0.3, 0.4) is 0 Å². The van der Waals surface area contributed by atoms with Gasteiger partial charge in [-0.25, -0.2) is 4.98 Å². The van der Waals surface area contributed by atoms with Crippen LogP contribution in [0.5, 0.6) is 5.75 Å². The smallest absolute Gasteiger partial charge is 0.220 e. The Kier molecular flexibility index (Phi) is 5.84. The van der Waals surface area contributed by atoms with Gasteiger partial charge in [0.2, 0.25) is 5.91 Å². The summed E-state index contributed by atoms with van der Waals surface area (Å²) in [5.41, 5.74) is 5.80. The molecule has 3 fully saturated rings. The topological polar surface area (TPSA) is 79.8 Å². The summed E-state index contributed by atoms with van der Waals surface area (Å²) in [6.07, 6.45) is 2.42. The van der Waals surface area contributed by atoms with Gasteiger partial charge in [-0.3, -0.25) is 14.7 Å². The molecule has 0 saturated carbocycles. The number of rotatable bonds is 6. The van der Waals surface area contributed by atoms with Crippen molar-refractivity contribution in [3.8, 4) is 17.0 Å². The monoisotopic (exact) mass is 479 g/mol. The lowest BCUT2D eigenvalue weighted by molar-refractivity contribution is -0.119. The second-order valence-electron chi connectivity index (χ2n) is 9.38. The van der Waals surface area contributed by atoms with Crippen LogP contribution in [0.15, 0.2) is 36.0 Å². The van der Waals surface area contributed by atoms with Gasteiger partial charge in [0.05, 0.1) is 52.6 Å². The Bertz CT molecular complexity index is 1170. The summed E-state index contributed by atoms with van der Waals surface area (Å²) in [7, 11) is 0. The average molecular weight is 480 g/mol. The van der Waals surface area contributed by atoms with Gasteiger partial charge in [0.1, 0.15) is 11.9 Å². The Balaban J connectivity index is 1.19. The van der Waals surface area contributed by atoms with Crippen LogP contribution in [-0.2, 0) is 9.53 Å². The fraction of sp³-hybridized carbons (Fsp3) is 0.480. The number of amides is 1. The predicted molar refractivity (Wildman–Crippen MR) is 132 cm³/mol. The Hall–Kier alpha value is -2.75. The molecule has 6 rings (SSSR count). The molecule has 5 heterocycles. The van der Waals surface area contributed by atoms with Crippen LogP contribution in [0.2, 0.25) is 0 Å². The van der Waals surface area contributed by atoms with Crippen molar-refractivity contribution in [3.05, 3.63) is 36.0 Å². The quantitative estimate of drug-likeness (QED) is 0.582. The molecule has 0 spiro atoms. The number of aromatic nitrogens is 2. The molecule has 3 saturated heterocycles. The Labute approximate surface area is 202 Å². The van der Waals surface area contributed by atoms with Crippen LogP contribution in [0, 0.1) is 5.92 Å². The molecule has 1 aromatic carbocycles. The summed E-state index contributed by atoms with van der Waals surface area (Å²) in [6, 6.07) is 8.98. The first kappa shape index (κ1) is 21.8. The van der Waals surface area contributed by atoms with Gasteiger partial charge in [-0.2, -0.15) is 0 Å². The molecular weight excluding hydrogens is 450 g/mol. The molecule has 0 bridgehead atoms. The van der Waals surface area contributed by atoms with E-state index < -0.39 is 0 Å². The second-order valence-corrected chi connectivity index (χ2v) is 10.2. The molecule has 1 N–H and O–H groups in total. The maximum absolute atomic E-state index is 11.6. The molecule has 3 aliphatic heterocycles. The van der Waals surface area contributed by atoms with Gasteiger partial charge < -0.3 is 19.7 Å². The maximum Gasteiger partial charge on any atom is 0.220 e. The van der Waals surface area contributed by atoms with Crippen LogP contribution >= 0.6 is 11.3 Å². The second kappa shape index (κ2) is 9.13. The van der Waals surface area contributed by atoms with Crippen LogP contribution in [0.25, 0.3) is 21.5 Å². The SMILES string of the molecule is C[C@H](Oc1cc(-c2ccc(N3CCN(C4COC4)CC3)cn2)cc2ncsc12)[C@@H]1CNC(=O)C1. The molecular formula is C25H29N5O3S. The van der Waals surface area contributed by atoms with Crippen molar-refractivity contribution in [2.45, 2.75) is 25.5 Å². The summed E-state index contributed by atoms with van der Waals surface area (Å²) in [4.78, 5) is 25.9. The van der Waals surface area contributed by atoms with E-state index in [1.807, 2.05) is 18.6 Å².